The Morgan fingerprint density at radius 1 is 1.36 bits per heavy atom. The lowest BCUT2D eigenvalue weighted by atomic mass is 9.56. The van der Waals surface area contributed by atoms with Crippen LogP contribution < -0.4 is 0 Å². The van der Waals surface area contributed by atoms with Crippen molar-refractivity contribution < 1.29 is 4.79 Å². The van der Waals surface area contributed by atoms with E-state index in [2.05, 4.69) is 6.92 Å². The molecule has 1 heteroatoms. The summed E-state index contributed by atoms with van der Waals surface area (Å²) in [6, 6.07) is 0. The number of Topliss-reactive ketones (excluding diaryl/α,β-unsaturated/α-hetero) is 1. The third-order valence-corrected chi connectivity index (χ3v) is 6.07. The monoisotopic (exact) mass is 190 g/mol. The number of ketones is 1. The third kappa shape index (κ3) is 0.585. The zero-order valence-corrected chi connectivity index (χ0v) is 8.88. The largest absolute Gasteiger partial charge is 0.299 e. The van der Waals surface area contributed by atoms with Crippen LogP contribution in [0.3, 0.4) is 0 Å². The minimum atomic E-state index is 0.201. The highest BCUT2D eigenvalue weighted by Gasteiger charge is 2.79. The quantitative estimate of drug-likeness (QED) is 0.574. The zero-order valence-electron chi connectivity index (χ0n) is 8.88. The molecule has 5 fully saturated rings. The number of carbonyl (C=O) groups is 1. The van der Waals surface area contributed by atoms with Gasteiger partial charge in [-0.15, -0.1) is 0 Å². The van der Waals surface area contributed by atoms with Crippen LogP contribution in [0.4, 0.5) is 0 Å². The molecule has 0 radical (unpaired) electrons. The fraction of sp³-hybridized carbons (Fsp3) is 0.923. The van der Waals surface area contributed by atoms with Crippen molar-refractivity contribution in [2.24, 2.45) is 28.6 Å². The predicted molar refractivity (Wildman–Crippen MR) is 53.7 cm³/mol. The molecule has 1 nitrogen and oxygen atoms in total. The molecule has 14 heavy (non-hydrogen) atoms. The minimum absolute atomic E-state index is 0.201. The van der Waals surface area contributed by atoms with E-state index in [-0.39, 0.29) is 5.41 Å². The van der Waals surface area contributed by atoms with Crippen molar-refractivity contribution in [3.63, 3.8) is 0 Å². The van der Waals surface area contributed by atoms with Gasteiger partial charge in [-0.05, 0) is 42.9 Å². The third-order valence-electron chi connectivity index (χ3n) is 6.07. The fourth-order valence-electron chi connectivity index (χ4n) is 5.38. The van der Waals surface area contributed by atoms with E-state index in [1.165, 1.54) is 38.5 Å². The van der Waals surface area contributed by atoms with Gasteiger partial charge < -0.3 is 0 Å². The molecular weight excluding hydrogens is 172 g/mol. The molecule has 0 saturated heterocycles. The first-order valence-corrected chi connectivity index (χ1v) is 6.23. The van der Waals surface area contributed by atoms with E-state index < -0.39 is 0 Å². The highest BCUT2D eigenvalue weighted by molar-refractivity contribution is 5.95. The van der Waals surface area contributed by atoms with E-state index in [9.17, 15) is 4.79 Å². The molecule has 76 valence electrons. The molecular formula is C13H18O. The molecule has 1 spiro atoms. The van der Waals surface area contributed by atoms with Gasteiger partial charge in [0.2, 0.25) is 0 Å². The summed E-state index contributed by atoms with van der Waals surface area (Å²) >= 11 is 0. The smallest absolute Gasteiger partial charge is 0.143 e. The number of hydrogen-bond donors (Lipinski definition) is 0. The summed E-state index contributed by atoms with van der Waals surface area (Å²) in [6.45, 7) is 2.37. The van der Waals surface area contributed by atoms with Crippen molar-refractivity contribution in [1.29, 1.82) is 0 Å². The van der Waals surface area contributed by atoms with Crippen LogP contribution in [0.5, 0.6) is 0 Å². The van der Waals surface area contributed by atoms with Gasteiger partial charge in [-0.2, -0.15) is 0 Å². The van der Waals surface area contributed by atoms with Crippen LogP contribution in [0, 0.1) is 28.6 Å². The molecule has 0 aromatic carbocycles. The lowest BCUT2D eigenvalue weighted by molar-refractivity contribution is -0.138. The van der Waals surface area contributed by atoms with Crippen LogP contribution in [0.1, 0.15) is 45.4 Å². The second kappa shape index (κ2) is 1.96. The molecule has 0 amide bonds. The number of hydrogen-bond acceptors (Lipinski definition) is 1. The first-order valence-electron chi connectivity index (χ1n) is 6.23. The maximum Gasteiger partial charge on any atom is 0.143 e. The van der Waals surface area contributed by atoms with Gasteiger partial charge in [0, 0.05) is 11.3 Å². The molecule has 0 N–H and O–H groups in total. The van der Waals surface area contributed by atoms with Gasteiger partial charge in [0.15, 0.2) is 0 Å². The Morgan fingerprint density at radius 3 is 2.93 bits per heavy atom. The summed E-state index contributed by atoms with van der Waals surface area (Å²) in [6.07, 6.45) is 7.94. The number of carbonyl (C=O) groups excluding carboxylic acids is 1. The molecule has 1 unspecified atom stereocenters. The molecule has 0 aromatic rings. The first kappa shape index (κ1) is 7.90. The van der Waals surface area contributed by atoms with Crippen molar-refractivity contribution in [1.82, 2.24) is 0 Å². The summed E-state index contributed by atoms with van der Waals surface area (Å²) in [7, 11) is 0. The Labute approximate surface area is 85.3 Å². The predicted octanol–water partition coefficient (Wildman–Crippen LogP) is 2.79. The Morgan fingerprint density at radius 2 is 2.21 bits per heavy atom. The summed E-state index contributed by atoms with van der Waals surface area (Å²) in [5, 5.41) is 0. The van der Waals surface area contributed by atoms with Crippen molar-refractivity contribution in [3.8, 4) is 0 Å². The lowest BCUT2D eigenvalue weighted by Crippen LogP contribution is -2.45. The van der Waals surface area contributed by atoms with E-state index in [1.807, 2.05) is 0 Å². The molecule has 4 bridgehead atoms. The van der Waals surface area contributed by atoms with Gasteiger partial charge in [-0.1, -0.05) is 19.8 Å². The minimum Gasteiger partial charge on any atom is -0.299 e. The van der Waals surface area contributed by atoms with Crippen LogP contribution in [0.2, 0.25) is 0 Å². The highest BCUT2D eigenvalue weighted by Crippen LogP contribution is 2.80. The highest BCUT2D eigenvalue weighted by atomic mass is 16.1. The summed E-state index contributed by atoms with van der Waals surface area (Å²) < 4.78 is 0. The van der Waals surface area contributed by atoms with Crippen LogP contribution in [0.15, 0.2) is 0 Å². The topological polar surface area (TPSA) is 17.1 Å². The maximum absolute atomic E-state index is 12.4. The van der Waals surface area contributed by atoms with Crippen molar-refractivity contribution >= 4 is 5.78 Å². The van der Waals surface area contributed by atoms with Gasteiger partial charge in [0.05, 0.1) is 0 Å². The Bertz CT molecular complexity index is 334. The molecule has 0 aromatic heterocycles. The molecule has 0 heterocycles. The Hall–Kier alpha value is -0.330. The summed E-state index contributed by atoms with van der Waals surface area (Å²) in [4.78, 5) is 12.4. The molecule has 5 aliphatic carbocycles. The molecule has 5 atom stereocenters. The average molecular weight is 190 g/mol. The fourth-order valence-corrected chi connectivity index (χ4v) is 5.38. The van der Waals surface area contributed by atoms with Crippen molar-refractivity contribution in [2.45, 2.75) is 45.4 Å². The van der Waals surface area contributed by atoms with E-state index in [4.69, 9.17) is 0 Å². The van der Waals surface area contributed by atoms with Gasteiger partial charge >= 0.3 is 0 Å². The maximum atomic E-state index is 12.4. The van der Waals surface area contributed by atoms with E-state index in [0.29, 0.717) is 17.1 Å². The Balaban J connectivity index is 1.83. The van der Waals surface area contributed by atoms with Crippen LogP contribution in [-0.4, -0.2) is 5.78 Å². The average Bonchev–Trinajstić information content (AvgIpc) is 2.70. The van der Waals surface area contributed by atoms with Crippen LogP contribution in [0.25, 0.3) is 0 Å². The van der Waals surface area contributed by atoms with E-state index >= 15 is 0 Å². The summed E-state index contributed by atoms with van der Waals surface area (Å²) in [5.74, 6) is 2.80. The van der Waals surface area contributed by atoms with Gasteiger partial charge in [-0.3, -0.25) is 4.79 Å². The standard InChI is InChI=1S/C13H18O/c1-12-7-13-5-3-2-4-8(13)6-9(12)10(12)11(13)14/h8-10H,2-7H2,1H3/t8-,9-,10-,12?,13+/m1/s1. The van der Waals surface area contributed by atoms with Crippen LogP contribution >= 0.6 is 0 Å². The first-order chi connectivity index (χ1) is 6.68. The van der Waals surface area contributed by atoms with Gasteiger partial charge in [0.25, 0.3) is 0 Å². The normalized spacial score (nSPS) is 63.8. The second-order valence-electron chi connectivity index (χ2n) is 6.47. The van der Waals surface area contributed by atoms with Crippen molar-refractivity contribution in [3.05, 3.63) is 0 Å². The lowest BCUT2D eigenvalue weighted by Gasteiger charge is -2.47. The molecule has 5 rings (SSSR count). The zero-order chi connectivity index (χ0) is 9.55. The SMILES string of the molecule is CC12C[C@@]34CCCC[C@@H]3C[C@@H]1[C@@H]2C4=O. The Kier molecular flexibility index (Phi) is 1.11. The summed E-state index contributed by atoms with van der Waals surface area (Å²) in [5.41, 5.74) is 0.678. The van der Waals surface area contributed by atoms with Crippen molar-refractivity contribution in [2.75, 3.05) is 0 Å². The molecule has 0 aliphatic heterocycles. The van der Waals surface area contributed by atoms with E-state index in [0.717, 1.165) is 11.8 Å². The van der Waals surface area contributed by atoms with E-state index in [1.54, 1.807) is 0 Å². The molecule has 5 saturated carbocycles. The van der Waals surface area contributed by atoms with Gasteiger partial charge in [-0.25, -0.2) is 0 Å². The van der Waals surface area contributed by atoms with Crippen LogP contribution in [-0.2, 0) is 4.79 Å². The second-order valence-corrected chi connectivity index (χ2v) is 6.47. The van der Waals surface area contributed by atoms with Gasteiger partial charge in [0.1, 0.15) is 5.78 Å². The molecule has 5 aliphatic rings. The number of rotatable bonds is 0.